The summed E-state index contributed by atoms with van der Waals surface area (Å²) in [6, 6.07) is 0. The molecule has 2 nitrogen and oxygen atoms in total. The third-order valence-corrected chi connectivity index (χ3v) is 1.52. The maximum absolute atomic E-state index is 10.6. The number of carbonyl (C=O) groups excluding carboxylic acids is 1. The molecule has 0 aliphatic heterocycles. The van der Waals surface area contributed by atoms with Crippen LogP contribution in [0.15, 0.2) is 0 Å². The summed E-state index contributed by atoms with van der Waals surface area (Å²) in [5.74, 6) is 0.503. The van der Waals surface area contributed by atoms with Crippen molar-refractivity contribution in [2.75, 3.05) is 13.6 Å². The Hall–Kier alpha value is -0.370. The molecule has 0 unspecified atom stereocenters. The van der Waals surface area contributed by atoms with E-state index < -0.39 is 0 Å². The van der Waals surface area contributed by atoms with E-state index in [0.29, 0.717) is 0 Å². The zero-order valence-electron chi connectivity index (χ0n) is 6.40. The highest BCUT2D eigenvalue weighted by Gasteiger charge is 2.04. The quantitative estimate of drug-likeness (QED) is 0.609. The molecule has 9 heavy (non-hydrogen) atoms. The predicted molar refractivity (Wildman–Crippen MR) is 38.4 cm³/mol. The molecule has 0 rings (SSSR count). The molecule has 0 amide bonds. The summed E-state index contributed by atoms with van der Waals surface area (Å²) in [5.41, 5.74) is 0. The van der Waals surface area contributed by atoms with Gasteiger partial charge in [0.1, 0.15) is 5.78 Å². The Morgan fingerprint density at radius 3 is 2.56 bits per heavy atom. The highest BCUT2D eigenvalue weighted by Crippen LogP contribution is 2.00. The van der Waals surface area contributed by atoms with E-state index in [9.17, 15) is 4.79 Å². The second kappa shape index (κ2) is 4.50. The Morgan fingerprint density at radius 2 is 2.22 bits per heavy atom. The average molecular weight is 129 g/mol. The van der Waals surface area contributed by atoms with E-state index in [4.69, 9.17) is 0 Å². The SMILES string of the molecule is CNCC[C@H](C)C(C)=O. The van der Waals surface area contributed by atoms with Gasteiger partial charge in [-0.25, -0.2) is 0 Å². The van der Waals surface area contributed by atoms with Crippen LogP contribution in [0, 0.1) is 5.92 Å². The van der Waals surface area contributed by atoms with Crippen LogP contribution in [0.3, 0.4) is 0 Å². The van der Waals surface area contributed by atoms with E-state index in [0.717, 1.165) is 13.0 Å². The molecule has 0 saturated carbocycles. The minimum Gasteiger partial charge on any atom is -0.320 e. The molecule has 0 saturated heterocycles. The first-order valence-electron chi connectivity index (χ1n) is 3.33. The zero-order valence-corrected chi connectivity index (χ0v) is 6.40. The summed E-state index contributed by atoms with van der Waals surface area (Å²) in [4.78, 5) is 10.6. The second-order valence-corrected chi connectivity index (χ2v) is 2.40. The van der Waals surface area contributed by atoms with Crippen molar-refractivity contribution in [1.29, 1.82) is 0 Å². The lowest BCUT2D eigenvalue weighted by Crippen LogP contribution is -2.15. The van der Waals surface area contributed by atoms with Crippen molar-refractivity contribution in [2.45, 2.75) is 20.3 Å². The summed E-state index contributed by atoms with van der Waals surface area (Å²) >= 11 is 0. The topological polar surface area (TPSA) is 29.1 Å². The third kappa shape index (κ3) is 4.15. The van der Waals surface area contributed by atoms with E-state index in [1.54, 1.807) is 6.92 Å². The van der Waals surface area contributed by atoms with Crippen molar-refractivity contribution in [2.24, 2.45) is 5.92 Å². The third-order valence-electron chi connectivity index (χ3n) is 1.52. The molecular weight excluding hydrogens is 114 g/mol. The van der Waals surface area contributed by atoms with Crippen LogP contribution in [-0.2, 0) is 4.79 Å². The maximum Gasteiger partial charge on any atom is 0.132 e. The lowest BCUT2D eigenvalue weighted by molar-refractivity contribution is -0.120. The highest BCUT2D eigenvalue weighted by atomic mass is 16.1. The van der Waals surface area contributed by atoms with E-state index in [1.165, 1.54) is 0 Å². The van der Waals surface area contributed by atoms with Gasteiger partial charge in [0, 0.05) is 5.92 Å². The molecule has 1 N–H and O–H groups in total. The fourth-order valence-corrected chi connectivity index (χ4v) is 0.564. The molecule has 0 spiro atoms. The smallest absolute Gasteiger partial charge is 0.132 e. The molecule has 1 atom stereocenters. The Labute approximate surface area is 56.6 Å². The van der Waals surface area contributed by atoms with Gasteiger partial charge in [-0.05, 0) is 26.9 Å². The van der Waals surface area contributed by atoms with Crippen LogP contribution in [-0.4, -0.2) is 19.4 Å². The van der Waals surface area contributed by atoms with Gasteiger partial charge >= 0.3 is 0 Å². The lowest BCUT2D eigenvalue weighted by atomic mass is 10.0. The number of ketones is 1. The maximum atomic E-state index is 10.6. The van der Waals surface area contributed by atoms with Crippen molar-refractivity contribution in [3.8, 4) is 0 Å². The fraction of sp³-hybridized carbons (Fsp3) is 0.857. The molecule has 0 bridgehead atoms. The van der Waals surface area contributed by atoms with Crippen molar-refractivity contribution >= 4 is 5.78 Å². The number of hydrogen-bond acceptors (Lipinski definition) is 2. The van der Waals surface area contributed by atoms with Gasteiger partial charge in [-0.2, -0.15) is 0 Å². The monoisotopic (exact) mass is 129 g/mol. The van der Waals surface area contributed by atoms with E-state index in [2.05, 4.69) is 5.32 Å². The van der Waals surface area contributed by atoms with Crippen molar-refractivity contribution in [3.63, 3.8) is 0 Å². The van der Waals surface area contributed by atoms with Crippen LogP contribution in [0.25, 0.3) is 0 Å². The van der Waals surface area contributed by atoms with E-state index >= 15 is 0 Å². The Balaban J connectivity index is 3.27. The molecule has 0 radical (unpaired) electrons. The first-order valence-corrected chi connectivity index (χ1v) is 3.33. The molecule has 0 aromatic heterocycles. The average Bonchev–Trinajstić information content (AvgIpc) is 1.82. The fourth-order valence-electron chi connectivity index (χ4n) is 0.564. The first kappa shape index (κ1) is 8.63. The molecule has 0 aliphatic rings. The van der Waals surface area contributed by atoms with Crippen LogP contribution in [0.2, 0.25) is 0 Å². The van der Waals surface area contributed by atoms with Gasteiger partial charge in [-0.1, -0.05) is 6.92 Å². The summed E-state index contributed by atoms with van der Waals surface area (Å²) in [6.45, 7) is 4.53. The zero-order chi connectivity index (χ0) is 7.28. The van der Waals surface area contributed by atoms with Gasteiger partial charge < -0.3 is 5.32 Å². The van der Waals surface area contributed by atoms with Gasteiger partial charge in [-0.3, -0.25) is 4.79 Å². The molecule has 54 valence electrons. The Morgan fingerprint density at radius 1 is 1.67 bits per heavy atom. The van der Waals surface area contributed by atoms with Crippen LogP contribution in [0.5, 0.6) is 0 Å². The first-order chi connectivity index (χ1) is 4.18. The van der Waals surface area contributed by atoms with Crippen LogP contribution < -0.4 is 5.32 Å². The van der Waals surface area contributed by atoms with Gasteiger partial charge in [0.2, 0.25) is 0 Å². The molecule has 0 heterocycles. The van der Waals surface area contributed by atoms with Crippen molar-refractivity contribution in [3.05, 3.63) is 0 Å². The van der Waals surface area contributed by atoms with E-state index in [1.807, 2.05) is 14.0 Å². The highest BCUT2D eigenvalue weighted by molar-refractivity contribution is 5.77. The number of rotatable bonds is 4. The van der Waals surface area contributed by atoms with Gasteiger partial charge in [-0.15, -0.1) is 0 Å². The van der Waals surface area contributed by atoms with E-state index in [-0.39, 0.29) is 11.7 Å². The molecule has 0 aliphatic carbocycles. The molecule has 2 heteroatoms. The minimum atomic E-state index is 0.220. The summed E-state index contributed by atoms with van der Waals surface area (Å²) in [7, 11) is 1.90. The van der Waals surface area contributed by atoms with Crippen LogP contribution >= 0.6 is 0 Å². The molecule has 0 fully saturated rings. The predicted octanol–water partition coefficient (Wildman–Crippen LogP) is 0.821. The molecular formula is C7H15NO. The van der Waals surface area contributed by atoms with Crippen LogP contribution in [0.1, 0.15) is 20.3 Å². The minimum absolute atomic E-state index is 0.220. The Bertz CT molecular complexity index is 90.9. The van der Waals surface area contributed by atoms with Gasteiger partial charge in [0.15, 0.2) is 0 Å². The second-order valence-electron chi connectivity index (χ2n) is 2.40. The van der Waals surface area contributed by atoms with Gasteiger partial charge in [0.05, 0.1) is 0 Å². The molecule has 0 aromatic rings. The van der Waals surface area contributed by atoms with Gasteiger partial charge in [0.25, 0.3) is 0 Å². The lowest BCUT2D eigenvalue weighted by Gasteiger charge is -2.04. The van der Waals surface area contributed by atoms with Crippen molar-refractivity contribution in [1.82, 2.24) is 5.32 Å². The largest absolute Gasteiger partial charge is 0.320 e. The summed E-state index contributed by atoms with van der Waals surface area (Å²) in [5, 5.41) is 3.00. The standard InChI is InChI=1S/C7H15NO/c1-6(7(2)9)4-5-8-3/h6,8H,4-5H2,1-3H3/t6-/m0/s1. The summed E-state index contributed by atoms with van der Waals surface area (Å²) in [6.07, 6.45) is 0.950. The number of Topliss-reactive ketones (excluding diaryl/α,β-unsaturated/α-hetero) is 1. The number of nitrogens with one attached hydrogen (secondary N) is 1. The Kier molecular flexibility index (Phi) is 4.32. The number of hydrogen-bond donors (Lipinski definition) is 1. The molecule has 0 aromatic carbocycles. The van der Waals surface area contributed by atoms with Crippen LogP contribution in [0.4, 0.5) is 0 Å². The summed E-state index contributed by atoms with van der Waals surface area (Å²) < 4.78 is 0. The van der Waals surface area contributed by atoms with Crippen molar-refractivity contribution < 1.29 is 4.79 Å². The normalized spacial score (nSPS) is 13.2. The number of carbonyl (C=O) groups is 1.